The first-order valence-electron chi connectivity index (χ1n) is 6.31. The Labute approximate surface area is 108 Å². The van der Waals surface area contributed by atoms with Gasteiger partial charge in [0.05, 0.1) is 0 Å². The Morgan fingerprint density at radius 3 is 2.39 bits per heavy atom. The number of carbonyl (C=O) groups is 1. The monoisotopic (exact) mass is 238 g/mol. The summed E-state index contributed by atoms with van der Waals surface area (Å²) in [6.07, 6.45) is 1.89. The summed E-state index contributed by atoms with van der Waals surface area (Å²) in [5, 5.41) is 0. The van der Waals surface area contributed by atoms with E-state index in [2.05, 4.69) is 37.3 Å². The molecule has 0 fully saturated rings. The lowest BCUT2D eigenvalue weighted by atomic mass is 9.96. The lowest BCUT2D eigenvalue weighted by molar-refractivity contribution is 0.101. The van der Waals surface area contributed by atoms with Crippen LogP contribution in [0, 0.1) is 6.92 Å². The summed E-state index contributed by atoms with van der Waals surface area (Å²) in [5.41, 5.74) is 4.54. The molecule has 0 unspecified atom stereocenters. The molecule has 92 valence electrons. The van der Waals surface area contributed by atoms with Crippen molar-refractivity contribution in [2.45, 2.75) is 26.7 Å². The standard InChI is InChI=1S/C17H18O/c1-13-8-11-17(14(2)18)16(12-13)10-9-15-6-4-3-5-7-15/h3-8,11-12H,9-10H2,1-2H3. The van der Waals surface area contributed by atoms with Gasteiger partial charge in [0.1, 0.15) is 0 Å². The molecule has 0 heterocycles. The Morgan fingerprint density at radius 2 is 1.72 bits per heavy atom. The van der Waals surface area contributed by atoms with Gasteiger partial charge < -0.3 is 0 Å². The minimum absolute atomic E-state index is 0.151. The van der Waals surface area contributed by atoms with Gasteiger partial charge in [-0.2, -0.15) is 0 Å². The van der Waals surface area contributed by atoms with Crippen LogP contribution in [0.15, 0.2) is 48.5 Å². The molecular weight excluding hydrogens is 220 g/mol. The number of hydrogen-bond donors (Lipinski definition) is 0. The number of aryl methyl sites for hydroxylation is 3. The summed E-state index contributed by atoms with van der Waals surface area (Å²) >= 11 is 0. The number of Topliss-reactive ketones (excluding diaryl/α,β-unsaturated/α-hetero) is 1. The molecule has 0 saturated heterocycles. The molecule has 1 heteroatoms. The molecule has 2 aromatic carbocycles. The molecule has 1 nitrogen and oxygen atoms in total. The van der Waals surface area contributed by atoms with Crippen LogP contribution in [-0.4, -0.2) is 5.78 Å². The van der Waals surface area contributed by atoms with Gasteiger partial charge in [-0.1, -0.05) is 54.1 Å². The number of ketones is 1. The van der Waals surface area contributed by atoms with Crippen LogP contribution in [0.5, 0.6) is 0 Å². The third-order valence-electron chi connectivity index (χ3n) is 3.17. The molecule has 0 atom stereocenters. The molecular formula is C17H18O. The van der Waals surface area contributed by atoms with Gasteiger partial charge in [0.15, 0.2) is 5.78 Å². The van der Waals surface area contributed by atoms with Gasteiger partial charge in [-0.05, 0) is 37.8 Å². The average Bonchev–Trinajstić information content (AvgIpc) is 2.37. The molecule has 0 radical (unpaired) electrons. The van der Waals surface area contributed by atoms with E-state index in [9.17, 15) is 4.79 Å². The van der Waals surface area contributed by atoms with Crippen molar-refractivity contribution in [2.75, 3.05) is 0 Å². The van der Waals surface area contributed by atoms with Gasteiger partial charge in [-0.25, -0.2) is 0 Å². The summed E-state index contributed by atoms with van der Waals surface area (Å²) in [4.78, 5) is 11.6. The Hall–Kier alpha value is -1.89. The SMILES string of the molecule is CC(=O)c1ccc(C)cc1CCc1ccccc1. The third kappa shape index (κ3) is 3.07. The highest BCUT2D eigenvalue weighted by atomic mass is 16.1. The molecule has 0 bridgehead atoms. The molecule has 2 aromatic rings. The summed E-state index contributed by atoms with van der Waals surface area (Å²) in [6.45, 7) is 3.70. The van der Waals surface area contributed by atoms with Crippen molar-refractivity contribution in [3.8, 4) is 0 Å². The number of hydrogen-bond acceptors (Lipinski definition) is 1. The van der Waals surface area contributed by atoms with Crippen molar-refractivity contribution in [3.05, 3.63) is 70.8 Å². The van der Waals surface area contributed by atoms with Gasteiger partial charge in [0.25, 0.3) is 0 Å². The molecule has 18 heavy (non-hydrogen) atoms. The zero-order valence-electron chi connectivity index (χ0n) is 10.9. The molecule has 2 rings (SSSR count). The number of benzene rings is 2. The fraction of sp³-hybridized carbons (Fsp3) is 0.235. The first-order chi connectivity index (χ1) is 8.66. The normalized spacial score (nSPS) is 10.3. The van der Waals surface area contributed by atoms with Crippen LogP contribution < -0.4 is 0 Å². The summed E-state index contributed by atoms with van der Waals surface area (Å²) in [5.74, 6) is 0.151. The highest BCUT2D eigenvalue weighted by Gasteiger charge is 2.07. The van der Waals surface area contributed by atoms with E-state index in [0.717, 1.165) is 24.0 Å². The van der Waals surface area contributed by atoms with E-state index in [1.54, 1.807) is 6.92 Å². The van der Waals surface area contributed by atoms with E-state index < -0.39 is 0 Å². The van der Waals surface area contributed by atoms with Gasteiger partial charge in [-0.15, -0.1) is 0 Å². The van der Waals surface area contributed by atoms with Gasteiger partial charge in [0.2, 0.25) is 0 Å². The van der Waals surface area contributed by atoms with E-state index in [-0.39, 0.29) is 5.78 Å². The fourth-order valence-corrected chi connectivity index (χ4v) is 2.20. The topological polar surface area (TPSA) is 17.1 Å². The summed E-state index contributed by atoms with van der Waals surface area (Å²) < 4.78 is 0. The minimum Gasteiger partial charge on any atom is -0.295 e. The van der Waals surface area contributed by atoms with E-state index >= 15 is 0 Å². The van der Waals surface area contributed by atoms with Crippen LogP contribution in [-0.2, 0) is 12.8 Å². The maximum absolute atomic E-state index is 11.6. The quantitative estimate of drug-likeness (QED) is 0.736. The molecule has 0 aromatic heterocycles. The lowest BCUT2D eigenvalue weighted by Gasteiger charge is -2.08. The Kier molecular flexibility index (Phi) is 3.93. The number of rotatable bonds is 4. The van der Waals surface area contributed by atoms with Crippen molar-refractivity contribution >= 4 is 5.78 Å². The Balaban J connectivity index is 2.18. The van der Waals surface area contributed by atoms with Crippen LogP contribution in [0.4, 0.5) is 0 Å². The van der Waals surface area contributed by atoms with Crippen LogP contribution in [0.25, 0.3) is 0 Å². The van der Waals surface area contributed by atoms with Crippen molar-refractivity contribution in [3.63, 3.8) is 0 Å². The maximum Gasteiger partial charge on any atom is 0.160 e. The fourth-order valence-electron chi connectivity index (χ4n) is 2.20. The van der Waals surface area contributed by atoms with Crippen LogP contribution in [0.2, 0.25) is 0 Å². The molecule has 0 aliphatic rings. The van der Waals surface area contributed by atoms with Crippen molar-refractivity contribution in [1.82, 2.24) is 0 Å². The maximum atomic E-state index is 11.6. The molecule has 0 aliphatic heterocycles. The van der Waals surface area contributed by atoms with Gasteiger partial charge in [0, 0.05) is 5.56 Å². The second-order valence-electron chi connectivity index (χ2n) is 4.70. The highest BCUT2D eigenvalue weighted by molar-refractivity contribution is 5.95. The minimum atomic E-state index is 0.151. The van der Waals surface area contributed by atoms with E-state index in [0.29, 0.717) is 0 Å². The zero-order valence-corrected chi connectivity index (χ0v) is 10.9. The predicted octanol–water partition coefficient (Wildman–Crippen LogP) is 3.98. The van der Waals surface area contributed by atoms with Crippen molar-refractivity contribution in [2.24, 2.45) is 0 Å². The molecule has 0 amide bonds. The van der Waals surface area contributed by atoms with Crippen LogP contribution in [0.3, 0.4) is 0 Å². The number of carbonyl (C=O) groups excluding carboxylic acids is 1. The Bertz CT molecular complexity index is 541. The molecule has 0 N–H and O–H groups in total. The molecule has 0 saturated carbocycles. The van der Waals surface area contributed by atoms with E-state index in [1.165, 1.54) is 11.1 Å². The lowest BCUT2D eigenvalue weighted by Crippen LogP contribution is -2.02. The molecule has 0 spiro atoms. The third-order valence-corrected chi connectivity index (χ3v) is 3.17. The van der Waals surface area contributed by atoms with Gasteiger partial charge >= 0.3 is 0 Å². The van der Waals surface area contributed by atoms with Crippen molar-refractivity contribution in [1.29, 1.82) is 0 Å². The van der Waals surface area contributed by atoms with E-state index in [4.69, 9.17) is 0 Å². The van der Waals surface area contributed by atoms with Crippen LogP contribution in [0.1, 0.15) is 34.0 Å². The van der Waals surface area contributed by atoms with Crippen LogP contribution >= 0.6 is 0 Å². The smallest absolute Gasteiger partial charge is 0.160 e. The zero-order chi connectivity index (χ0) is 13.0. The second kappa shape index (κ2) is 5.63. The summed E-state index contributed by atoms with van der Waals surface area (Å²) in [6, 6.07) is 16.5. The van der Waals surface area contributed by atoms with E-state index in [1.807, 2.05) is 18.2 Å². The first-order valence-corrected chi connectivity index (χ1v) is 6.31. The molecule has 0 aliphatic carbocycles. The largest absolute Gasteiger partial charge is 0.295 e. The van der Waals surface area contributed by atoms with Crippen molar-refractivity contribution < 1.29 is 4.79 Å². The summed E-state index contributed by atoms with van der Waals surface area (Å²) in [7, 11) is 0. The predicted molar refractivity (Wildman–Crippen MR) is 75.0 cm³/mol. The van der Waals surface area contributed by atoms with Gasteiger partial charge in [-0.3, -0.25) is 4.79 Å². The second-order valence-corrected chi connectivity index (χ2v) is 4.70. The first kappa shape index (κ1) is 12.6. The Morgan fingerprint density at radius 1 is 1.00 bits per heavy atom. The highest BCUT2D eigenvalue weighted by Crippen LogP contribution is 2.15. The average molecular weight is 238 g/mol.